The molecule has 8 heteroatoms. The molecule has 0 bridgehead atoms. The number of aromatic carboxylic acids is 1. The van der Waals surface area contributed by atoms with Crippen molar-refractivity contribution in [3.05, 3.63) is 92.5 Å². The SMILES string of the molecule is Cc1ccc(C(=O)O)nc1Cc1cc(Cl)ccc1OCc1ccc(Cl)cc1F.[Na]. The van der Waals surface area contributed by atoms with Crippen molar-refractivity contribution in [1.29, 1.82) is 0 Å². The van der Waals surface area contributed by atoms with Crippen molar-refractivity contribution in [2.75, 3.05) is 0 Å². The number of carboxylic acids is 1. The predicted molar refractivity (Wildman–Crippen MR) is 112 cm³/mol. The second-order valence-electron chi connectivity index (χ2n) is 6.22. The Labute approximate surface area is 199 Å². The third-order valence-electron chi connectivity index (χ3n) is 4.20. The molecule has 1 heterocycles. The van der Waals surface area contributed by atoms with Gasteiger partial charge in [0.25, 0.3) is 0 Å². The van der Waals surface area contributed by atoms with E-state index in [0.29, 0.717) is 33.5 Å². The summed E-state index contributed by atoms with van der Waals surface area (Å²) in [5, 5.41) is 9.99. The van der Waals surface area contributed by atoms with Crippen LogP contribution < -0.4 is 4.74 Å². The molecule has 0 unspecified atom stereocenters. The van der Waals surface area contributed by atoms with Crippen LogP contribution in [0.2, 0.25) is 10.0 Å². The molecule has 29 heavy (non-hydrogen) atoms. The maximum Gasteiger partial charge on any atom is 0.354 e. The molecule has 145 valence electrons. The van der Waals surface area contributed by atoms with Gasteiger partial charge in [-0.25, -0.2) is 14.2 Å². The molecule has 0 aliphatic heterocycles. The number of benzene rings is 2. The molecule has 1 aromatic heterocycles. The molecule has 1 radical (unpaired) electrons. The summed E-state index contributed by atoms with van der Waals surface area (Å²) in [7, 11) is 0. The first-order valence-electron chi connectivity index (χ1n) is 8.38. The number of ether oxygens (including phenoxy) is 1. The van der Waals surface area contributed by atoms with Crippen LogP contribution in [-0.2, 0) is 13.0 Å². The fraction of sp³-hybridized carbons (Fsp3) is 0.143. The van der Waals surface area contributed by atoms with Crippen LogP contribution in [0.3, 0.4) is 0 Å². The van der Waals surface area contributed by atoms with Crippen molar-refractivity contribution < 1.29 is 19.0 Å². The van der Waals surface area contributed by atoms with Gasteiger partial charge < -0.3 is 9.84 Å². The van der Waals surface area contributed by atoms with Crippen molar-refractivity contribution in [3.8, 4) is 5.75 Å². The maximum atomic E-state index is 14.0. The van der Waals surface area contributed by atoms with E-state index in [2.05, 4.69) is 4.98 Å². The Hall–Kier alpha value is -1.63. The minimum Gasteiger partial charge on any atom is -0.489 e. The standard InChI is InChI=1S/C21H16Cl2FNO3.Na/c1-12-2-6-18(21(26)27)25-19(12)9-14-8-15(22)5-7-20(14)28-11-13-3-4-16(23)10-17(13)24;/h2-8,10H,9,11H2,1H3,(H,26,27);. The summed E-state index contributed by atoms with van der Waals surface area (Å²) >= 11 is 11.9. The van der Waals surface area contributed by atoms with Crippen LogP contribution in [0, 0.1) is 12.7 Å². The molecule has 2 aromatic carbocycles. The van der Waals surface area contributed by atoms with Crippen LogP contribution in [0.15, 0.2) is 48.5 Å². The van der Waals surface area contributed by atoms with E-state index in [1.165, 1.54) is 12.1 Å². The second-order valence-corrected chi connectivity index (χ2v) is 7.09. The van der Waals surface area contributed by atoms with Crippen LogP contribution in [-0.4, -0.2) is 45.6 Å². The van der Waals surface area contributed by atoms with Gasteiger partial charge in [0.1, 0.15) is 23.9 Å². The van der Waals surface area contributed by atoms with Gasteiger partial charge in [-0.3, -0.25) is 0 Å². The van der Waals surface area contributed by atoms with Gasteiger partial charge in [0.15, 0.2) is 0 Å². The fourth-order valence-electron chi connectivity index (χ4n) is 2.67. The fourth-order valence-corrected chi connectivity index (χ4v) is 3.02. The van der Waals surface area contributed by atoms with Gasteiger partial charge in [-0.1, -0.05) is 35.3 Å². The van der Waals surface area contributed by atoms with Crippen molar-refractivity contribution in [2.24, 2.45) is 0 Å². The summed E-state index contributed by atoms with van der Waals surface area (Å²) in [5.41, 5.74) is 2.50. The number of hydrogen-bond acceptors (Lipinski definition) is 3. The van der Waals surface area contributed by atoms with Crippen molar-refractivity contribution in [1.82, 2.24) is 4.98 Å². The van der Waals surface area contributed by atoms with Gasteiger partial charge in [-0.05, 0) is 48.9 Å². The average Bonchev–Trinajstić information content (AvgIpc) is 2.64. The molecule has 0 atom stereocenters. The van der Waals surface area contributed by atoms with Crippen LogP contribution in [0.5, 0.6) is 5.75 Å². The molecule has 0 aliphatic rings. The molecular formula is C21H16Cl2FNNaO3. The normalized spacial score (nSPS) is 10.3. The van der Waals surface area contributed by atoms with Crippen LogP contribution in [0.1, 0.15) is 32.9 Å². The zero-order valence-corrected chi connectivity index (χ0v) is 19.4. The number of halogens is 3. The summed E-state index contributed by atoms with van der Waals surface area (Å²) < 4.78 is 19.8. The van der Waals surface area contributed by atoms with Crippen LogP contribution in [0.25, 0.3) is 0 Å². The second kappa shape index (κ2) is 10.4. The molecule has 0 aliphatic carbocycles. The predicted octanol–water partition coefficient (Wildman–Crippen LogP) is 5.32. The number of pyridine rings is 1. The van der Waals surface area contributed by atoms with Gasteiger partial charge in [0.05, 0.1) is 0 Å². The van der Waals surface area contributed by atoms with Gasteiger partial charge in [-0.2, -0.15) is 0 Å². The Balaban J connectivity index is 0.00000300. The number of hydrogen-bond donors (Lipinski definition) is 1. The Morgan fingerprint density at radius 2 is 1.76 bits per heavy atom. The van der Waals surface area contributed by atoms with E-state index >= 15 is 0 Å². The first-order chi connectivity index (χ1) is 13.3. The number of aromatic nitrogens is 1. The van der Waals surface area contributed by atoms with E-state index in [1.807, 2.05) is 6.92 Å². The summed E-state index contributed by atoms with van der Waals surface area (Å²) in [5.74, 6) is -1.03. The molecular weight excluding hydrogens is 427 g/mol. The quantitative estimate of drug-likeness (QED) is 0.524. The molecule has 0 saturated heterocycles. The third-order valence-corrected chi connectivity index (χ3v) is 4.67. The van der Waals surface area contributed by atoms with E-state index in [9.17, 15) is 9.18 Å². The summed E-state index contributed by atoms with van der Waals surface area (Å²) in [6, 6.07) is 12.7. The molecule has 4 nitrogen and oxygen atoms in total. The van der Waals surface area contributed by atoms with Crippen LogP contribution in [0.4, 0.5) is 4.39 Å². The maximum absolute atomic E-state index is 14.0. The average molecular weight is 443 g/mol. The van der Waals surface area contributed by atoms with Crippen molar-refractivity contribution in [3.63, 3.8) is 0 Å². The van der Waals surface area contributed by atoms with Crippen molar-refractivity contribution >= 4 is 58.7 Å². The van der Waals surface area contributed by atoms with Gasteiger partial charge in [0.2, 0.25) is 0 Å². The number of aryl methyl sites for hydroxylation is 1. The summed E-state index contributed by atoms with van der Waals surface area (Å²) in [6.07, 6.45) is 0.325. The van der Waals surface area contributed by atoms with E-state index in [0.717, 1.165) is 11.1 Å². The van der Waals surface area contributed by atoms with Crippen molar-refractivity contribution in [2.45, 2.75) is 20.0 Å². The zero-order chi connectivity index (χ0) is 20.3. The van der Waals surface area contributed by atoms with E-state index in [4.69, 9.17) is 33.0 Å². The monoisotopic (exact) mass is 442 g/mol. The minimum absolute atomic E-state index is 0. The summed E-state index contributed by atoms with van der Waals surface area (Å²) in [6.45, 7) is 1.86. The Morgan fingerprint density at radius 3 is 2.45 bits per heavy atom. The zero-order valence-electron chi connectivity index (χ0n) is 15.9. The Morgan fingerprint density at radius 1 is 1.07 bits per heavy atom. The molecule has 3 aromatic rings. The van der Waals surface area contributed by atoms with Crippen LogP contribution >= 0.6 is 23.2 Å². The summed E-state index contributed by atoms with van der Waals surface area (Å²) in [4.78, 5) is 15.4. The minimum atomic E-state index is -1.10. The topological polar surface area (TPSA) is 59.4 Å². The third kappa shape index (κ3) is 6.17. The molecule has 0 amide bonds. The van der Waals surface area contributed by atoms with E-state index in [1.54, 1.807) is 36.4 Å². The molecule has 0 spiro atoms. The van der Waals surface area contributed by atoms with Gasteiger partial charge in [-0.15, -0.1) is 0 Å². The number of carboxylic acid groups (broad SMARTS) is 1. The first-order valence-corrected chi connectivity index (χ1v) is 9.14. The molecule has 0 saturated carbocycles. The molecule has 3 rings (SSSR count). The largest absolute Gasteiger partial charge is 0.489 e. The number of rotatable bonds is 6. The smallest absolute Gasteiger partial charge is 0.354 e. The number of nitrogens with zero attached hydrogens (tertiary/aromatic N) is 1. The van der Waals surface area contributed by atoms with Gasteiger partial charge in [0, 0.05) is 62.8 Å². The van der Waals surface area contributed by atoms with Gasteiger partial charge >= 0.3 is 5.97 Å². The first kappa shape index (κ1) is 23.6. The van der Waals surface area contributed by atoms with E-state index in [-0.39, 0.29) is 41.9 Å². The Bertz CT molecular complexity index is 1050. The Kier molecular flexibility index (Phi) is 8.49. The number of carbonyl (C=O) groups is 1. The molecule has 1 N–H and O–H groups in total. The molecule has 0 fully saturated rings. The van der Waals surface area contributed by atoms with E-state index < -0.39 is 11.8 Å².